The molecule has 25 nitrogen and oxygen atoms in total. The zero-order valence-electron chi connectivity index (χ0n) is 52.5. The normalized spacial score (nSPS) is 13.7. The Morgan fingerprint density at radius 2 is 1.37 bits per heavy atom. The third kappa shape index (κ3) is 18.6. The Morgan fingerprint density at radius 1 is 0.747 bits per heavy atom. The molecule has 32 heteroatoms. The Bertz CT molecular complexity index is 4660. The number of sulfone groups is 1. The number of tetrazole rings is 1. The number of nitrogens with zero attached hydrogens (tertiary/aromatic N) is 14. The Hall–Kier alpha value is -7.78. The second-order valence-corrected chi connectivity index (χ2v) is 29.3. The molecule has 0 radical (unpaired) electrons. The molecule has 0 spiro atoms. The Balaban J connectivity index is 0.000000149. The van der Waals surface area contributed by atoms with Crippen molar-refractivity contribution in [1.29, 1.82) is 0 Å². The number of likely N-dealkylation sites (tertiary alicyclic amines) is 1. The molecule has 0 unspecified atom stereocenters. The number of aromatic nitrogens is 13. The van der Waals surface area contributed by atoms with Crippen molar-refractivity contribution in [3.63, 3.8) is 0 Å². The van der Waals surface area contributed by atoms with Crippen LogP contribution in [0.5, 0.6) is 28.7 Å². The van der Waals surface area contributed by atoms with Crippen molar-refractivity contribution in [2.24, 2.45) is 0 Å². The molecule has 2 aliphatic rings. The first-order valence-corrected chi connectivity index (χ1v) is 36.0. The van der Waals surface area contributed by atoms with Crippen LogP contribution in [0.25, 0.3) is 59.9 Å². The largest absolute Gasteiger partial charge is 0.507 e. The summed E-state index contributed by atoms with van der Waals surface area (Å²) in [5.41, 5.74) is 4.75. The predicted molar refractivity (Wildman–Crippen MR) is 377 cm³/mol. The zero-order valence-corrected chi connectivity index (χ0v) is 60.5. The number of nitrogens with one attached hydrogen (secondary N) is 2. The van der Waals surface area contributed by atoms with Gasteiger partial charge in [-0.2, -0.15) is 4.68 Å². The smallest absolute Gasteiger partial charge is 0.410 e. The summed E-state index contributed by atoms with van der Waals surface area (Å²) in [5, 5.41) is 35.1. The topological polar surface area (TPSA) is 304 Å². The van der Waals surface area contributed by atoms with Crippen molar-refractivity contribution in [2.75, 3.05) is 57.7 Å². The van der Waals surface area contributed by atoms with E-state index in [1.165, 1.54) is 6.20 Å². The van der Waals surface area contributed by atoms with Crippen LogP contribution in [0.15, 0.2) is 127 Å². The second kappa shape index (κ2) is 31.4. The number of benzene rings is 5. The fourth-order valence-corrected chi connectivity index (χ4v) is 12.9. The number of hydrogen-bond donors (Lipinski definition) is 3. The van der Waals surface area contributed by atoms with Crippen LogP contribution in [0, 0.1) is 6.92 Å². The highest BCUT2D eigenvalue weighted by Gasteiger charge is 2.29. The van der Waals surface area contributed by atoms with Gasteiger partial charge >= 0.3 is 6.09 Å². The number of aromatic hydroxyl groups is 1. The first-order valence-electron chi connectivity index (χ1n) is 29.5. The van der Waals surface area contributed by atoms with Gasteiger partial charge in [0.2, 0.25) is 26.2 Å². The van der Waals surface area contributed by atoms with Crippen molar-refractivity contribution in [3.05, 3.63) is 128 Å². The molecule has 95 heavy (non-hydrogen) atoms. The predicted octanol–water partition coefficient (Wildman–Crippen LogP) is 13.8. The molecule has 11 aromatic rings. The van der Waals surface area contributed by atoms with Gasteiger partial charge in [0.05, 0.1) is 61.0 Å². The van der Waals surface area contributed by atoms with E-state index in [1.54, 1.807) is 83.7 Å². The van der Waals surface area contributed by atoms with E-state index in [9.17, 15) is 18.3 Å². The Labute approximate surface area is 585 Å². The van der Waals surface area contributed by atoms with Crippen LogP contribution in [-0.4, -0.2) is 160 Å². The standard InChI is InChI=1S/C25H25N9O2S.C19H24BrN3O5S.C10H9BrN2OS.C9H6BrClN2O/c1-15-31-32-33-34(15)18-10-17(11-20(12-18)35-2)29-25-28-14-16-9-21(24-27-7-8-37-24)23(13-22(16)30-25)36-19-3-5-26-6-4-19;1-19(2,3)28-18(24)23-7-5-13(6-8-23)27-16-10-15-12(9-14(16)20)11-21-17(22-15)29(4,25)26;1-2-15-10-12-5-6-3-7(11)9(14)4-8(6)13-10;1-14-8-3-7-5(2-6(8)10)4-12-9(11)13-7/h7-14,19,26H,3-6H2,1-2H3,(H,28,29,30);9-11,13H,5-8H2,1-4H3;3-5,14H,2H2,1H3;2-4H,1H3. The lowest BCUT2D eigenvalue weighted by Gasteiger charge is -2.33. The number of amides is 1. The number of rotatable bonds is 13. The molecule has 1 amide bonds. The molecule has 0 atom stereocenters. The molecule has 8 heterocycles. The van der Waals surface area contributed by atoms with Gasteiger partial charge in [0.15, 0.2) is 11.0 Å². The molecular weight excluding hydrogens is 1500 g/mol. The summed E-state index contributed by atoms with van der Waals surface area (Å²) in [6.45, 7) is 12.4. The molecule has 0 aliphatic carbocycles. The van der Waals surface area contributed by atoms with Gasteiger partial charge in [-0.3, -0.25) is 0 Å². The number of ether oxygens (including phenoxy) is 5. The summed E-state index contributed by atoms with van der Waals surface area (Å²) in [6, 6.07) is 20.3. The number of fused-ring (bicyclic) bond motifs is 4. The average Bonchev–Trinajstić information content (AvgIpc) is 1.52. The highest BCUT2D eigenvalue weighted by Crippen LogP contribution is 2.38. The first-order chi connectivity index (χ1) is 45.5. The van der Waals surface area contributed by atoms with Crippen LogP contribution in [0.2, 0.25) is 5.28 Å². The number of halogens is 4. The minimum absolute atomic E-state index is 0.0707. The maximum absolute atomic E-state index is 12.2. The maximum atomic E-state index is 12.2. The number of piperidine rings is 2. The number of phenols is 1. The van der Waals surface area contributed by atoms with E-state index in [-0.39, 0.29) is 34.5 Å². The summed E-state index contributed by atoms with van der Waals surface area (Å²) in [6.07, 6.45) is 12.6. The van der Waals surface area contributed by atoms with Crippen LogP contribution < -0.4 is 29.6 Å². The second-order valence-electron chi connectivity index (χ2n) is 22.4. The van der Waals surface area contributed by atoms with Crippen LogP contribution >= 0.6 is 82.5 Å². The quantitative estimate of drug-likeness (QED) is 0.0713. The monoisotopic (exact) mass is 1560 g/mol. The molecule has 2 aliphatic heterocycles. The van der Waals surface area contributed by atoms with Crippen LogP contribution in [-0.2, 0) is 14.6 Å². The van der Waals surface area contributed by atoms with Gasteiger partial charge < -0.3 is 44.3 Å². The zero-order chi connectivity index (χ0) is 67.6. The number of phenolic OH excluding ortho intramolecular Hbond substituents is 1. The molecule has 6 aromatic heterocycles. The summed E-state index contributed by atoms with van der Waals surface area (Å²) in [5.74, 6) is 5.01. The minimum Gasteiger partial charge on any atom is -0.507 e. The number of carbonyl (C=O) groups excluding carboxylic acids is 1. The molecule has 2 saturated heterocycles. The molecule has 2 fully saturated rings. The first kappa shape index (κ1) is 70.0. The van der Waals surface area contributed by atoms with Crippen molar-refractivity contribution >= 4 is 154 Å². The van der Waals surface area contributed by atoms with Gasteiger partial charge in [0.25, 0.3) is 0 Å². The highest BCUT2D eigenvalue weighted by atomic mass is 79.9. The van der Waals surface area contributed by atoms with E-state index in [2.05, 4.69) is 127 Å². The van der Waals surface area contributed by atoms with E-state index in [4.69, 9.17) is 40.3 Å². The number of aryl methyl sites for hydroxylation is 1. The lowest BCUT2D eigenvalue weighted by Crippen LogP contribution is -2.44. The molecule has 0 saturated carbocycles. The third-order valence-electron chi connectivity index (χ3n) is 14.2. The lowest BCUT2D eigenvalue weighted by atomic mass is 10.1. The SMILES string of the molecule is CC(C)(C)OC(=O)N1CCC(Oc2cc3nc(S(C)(=O)=O)ncc3cc2Br)CC1.CCSc1ncc2cc(Br)c(O)cc2n1.COc1cc(Nc2ncc3cc(-c4nccs4)c(OC4CCNCC4)cc3n2)cc(-n2nnnc2C)c1.COc1cc2nc(Cl)ncc2cc1Br. The van der Waals surface area contributed by atoms with Crippen LogP contribution in [0.3, 0.4) is 0 Å². The van der Waals surface area contributed by atoms with E-state index < -0.39 is 15.4 Å². The van der Waals surface area contributed by atoms with Gasteiger partial charge in [0.1, 0.15) is 51.6 Å². The van der Waals surface area contributed by atoms with Gasteiger partial charge in [-0.1, -0.05) is 18.7 Å². The third-order valence-corrected chi connectivity index (χ3v) is 18.7. The number of carbonyl (C=O) groups is 1. The number of thioether (sulfide) groups is 1. The molecule has 496 valence electrons. The van der Waals surface area contributed by atoms with E-state index in [0.717, 1.165) is 118 Å². The highest BCUT2D eigenvalue weighted by molar-refractivity contribution is 9.11. The van der Waals surface area contributed by atoms with Crippen molar-refractivity contribution in [3.8, 4) is 45.0 Å². The summed E-state index contributed by atoms with van der Waals surface area (Å²) in [4.78, 5) is 52.3. The number of methoxy groups -OCH3 is 2. The van der Waals surface area contributed by atoms with Crippen molar-refractivity contribution in [1.82, 2.24) is 75.3 Å². The van der Waals surface area contributed by atoms with Gasteiger partial charge in [-0.25, -0.2) is 58.1 Å². The molecule has 13 rings (SSSR count). The van der Waals surface area contributed by atoms with Crippen LogP contribution in [0.4, 0.5) is 16.4 Å². The average molecular weight is 1560 g/mol. The van der Waals surface area contributed by atoms with E-state index in [0.29, 0.717) is 64.6 Å². The Morgan fingerprint density at radius 3 is 2.03 bits per heavy atom. The number of thiazole rings is 1. The van der Waals surface area contributed by atoms with Gasteiger partial charge in [0, 0.05) is 132 Å². The summed E-state index contributed by atoms with van der Waals surface area (Å²) < 4.78 is 56.0. The number of hydrogen-bond acceptors (Lipinski definition) is 25. The van der Waals surface area contributed by atoms with Crippen molar-refractivity contribution < 1.29 is 42.0 Å². The molecule has 3 N–H and O–H groups in total. The van der Waals surface area contributed by atoms with Crippen LogP contribution in [0.1, 0.15) is 59.2 Å². The fraction of sp³-hybridized carbons (Fsp3) is 0.317. The number of anilines is 2. The molecule has 5 aromatic carbocycles. The summed E-state index contributed by atoms with van der Waals surface area (Å²) >= 11 is 19.0. The molecule has 0 bridgehead atoms. The minimum atomic E-state index is -3.50. The van der Waals surface area contributed by atoms with Crippen molar-refractivity contribution in [2.45, 2.75) is 88.4 Å². The fourth-order valence-electron chi connectivity index (χ4n) is 9.66. The molecular formula is C63H64Br3ClN16O9S3. The Kier molecular flexibility index (Phi) is 23.1. The lowest BCUT2D eigenvalue weighted by molar-refractivity contribution is 0.0126. The summed E-state index contributed by atoms with van der Waals surface area (Å²) in [7, 11) is -0.273. The van der Waals surface area contributed by atoms with Gasteiger partial charge in [-0.05, 0) is 160 Å². The van der Waals surface area contributed by atoms with E-state index in [1.807, 2.05) is 81.7 Å². The maximum Gasteiger partial charge on any atom is 0.410 e. The van der Waals surface area contributed by atoms with E-state index >= 15 is 0 Å². The van der Waals surface area contributed by atoms with Gasteiger partial charge in [-0.15, -0.1) is 16.4 Å².